The molecule has 7 heteroatoms. The molecule has 0 saturated carbocycles. The zero-order valence-corrected chi connectivity index (χ0v) is 13.4. The van der Waals surface area contributed by atoms with Gasteiger partial charge in [-0.3, -0.25) is 9.48 Å². The molecule has 120 valence electrons. The molecule has 1 atom stereocenters. The fourth-order valence-corrected chi connectivity index (χ4v) is 3.37. The summed E-state index contributed by atoms with van der Waals surface area (Å²) in [5.41, 5.74) is 0. The monoisotopic (exact) mass is 330 g/mol. The highest BCUT2D eigenvalue weighted by molar-refractivity contribution is 7.19. The zero-order chi connectivity index (χ0) is 16.1. The molecule has 3 rings (SSSR count). The van der Waals surface area contributed by atoms with Crippen molar-refractivity contribution in [1.82, 2.24) is 20.3 Å². The van der Waals surface area contributed by atoms with Crippen LogP contribution in [0.5, 0.6) is 0 Å². The molecule has 0 radical (unpaired) electrons. The van der Waals surface area contributed by atoms with Gasteiger partial charge in [0.05, 0.1) is 6.20 Å². The van der Waals surface area contributed by atoms with Gasteiger partial charge in [-0.15, -0.1) is 16.4 Å². The molecule has 0 aliphatic heterocycles. The number of carbonyl (C=O) groups excluding carboxylic acids is 1. The molecule has 0 aliphatic rings. The van der Waals surface area contributed by atoms with Crippen molar-refractivity contribution in [2.45, 2.75) is 25.5 Å². The summed E-state index contributed by atoms with van der Waals surface area (Å²) in [5, 5.41) is 21.7. The van der Waals surface area contributed by atoms with Gasteiger partial charge in [-0.05, 0) is 23.9 Å². The van der Waals surface area contributed by atoms with Gasteiger partial charge in [0.1, 0.15) is 6.10 Å². The third-order valence-electron chi connectivity index (χ3n) is 3.53. The minimum absolute atomic E-state index is 0.0646. The van der Waals surface area contributed by atoms with E-state index < -0.39 is 6.10 Å². The molecule has 0 spiro atoms. The van der Waals surface area contributed by atoms with Gasteiger partial charge in [-0.1, -0.05) is 23.4 Å². The molecule has 2 N–H and O–H groups in total. The van der Waals surface area contributed by atoms with Crippen LogP contribution in [0, 0.1) is 0 Å². The van der Waals surface area contributed by atoms with E-state index in [0.717, 1.165) is 15.0 Å². The van der Waals surface area contributed by atoms with Gasteiger partial charge >= 0.3 is 0 Å². The maximum Gasteiger partial charge on any atom is 0.220 e. The van der Waals surface area contributed by atoms with Crippen molar-refractivity contribution < 1.29 is 9.90 Å². The number of nitrogens with one attached hydrogen (secondary N) is 1. The Labute approximate surface area is 137 Å². The Hall–Kier alpha value is -2.25. The number of nitrogens with zero attached hydrogens (tertiary/aromatic N) is 3. The van der Waals surface area contributed by atoms with Crippen LogP contribution in [0.25, 0.3) is 10.1 Å². The third kappa shape index (κ3) is 4.14. The largest absolute Gasteiger partial charge is 0.386 e. The Balaban J connectivity index is 1.44. The van der Waals surface area contributed by atoms with Crippen molar-refractivity contribution in [1.29, 1.82) is 0 Å². The van der Waals surface area contributed by atoms with Crippen LogP contribution in [0.3, 0.4) is 0 Å². The summed E-state index contributed by atoms with van der Waals surface area (Å²) in [5.74, 6) is -0.0646. The van der Waals surface area contributed by atoms with Crippen LogP contribution in [0.1, 0.15) is 23.8 Å². The van der Waals surface area contributed by atoms with Gasteiger partial charge in [-0.25, -0.2) is 0 Å². The van der Waals surface area contributed by atoms with Crippen molar-refractivity contribution in [3.8, 4) is 0 Å². The number of thiophene rings is 1. The lowest BCUT2D eigenvalue weighted by Crippen LogP contribution is -2.28. The van der Waals surface area contributed by atoms with Crippen molar-refractivity contribution in [2.75, 3.05) is 6.54 Å². The molecule has 6 nitrogen and oxygen atoms in total. The second-order valence-corrected chi connectivity index (χ2v) is 6.39. The second kappa shape index (κ2) is 7.34. The van der Waals surface area contributed by atoms with E-state index in [4.69, 9.17) is 0 Å². The number of hydrogen-bond donors (Lipinski definition) is 2. The van der Waals surface area contributed by atoms with E-state index in [0.29, 0.717) is 19.4 Å². The van der Waals surface area contributed by atoms with E-state index in [2.05, 4.69) is 15.6 Å². The molecule has 23 heavy (non-hydrogen) atoms. The summed E-state index contributed by atoms with van der Waals surface area (Å²) in [7, 11) is 0. The van der Waals surface area contributed by atoms with Crippen LogP contribution < -0.4 is 5.32 Å². The number of carbonyl (C=O) groups is 1. The molecule has 1 aromatic carbocycles. The number of amides is 1. The topological polar surface area (TPSA) is 80.0 Å². The molecule has 1 amide bonds. The number of aliphatic hydroxyl groups is 1. The number of hydrogen-bond acceptors (Lipinski definition) is 5. The average Bonchev–Trinajstić information content (AvgIpc) is 3.21. The van der Waals surface area contributed by atoms with Crippen LogP contribution in [0.15, 0.2) is 42.7 Å². The van der Waals surface area contributed by atoms with Crippen molar-refractivity contribution in [3.63, 3.8) is 0 Å². The standard InChI is InChI=1S/C16H18N4O2S/c21-13(15-10-12-4-1-2-5-14(12)23-15)11-17-16(22)6-3-8-20-9-7-18-19-20/h1-2,4-5,7,9-10,13,21H,3,6,8,11H2,(H,17,22). The van der Waals surface area contributed by atoms with E-state index in [1.807, 2.05) is 30.3 Å². The molecule has 2 aromatic heterocycles. The van der Waals surface area contributed by atoms with Crippen molar-refractivity contribution in [2.24, 2.45) is 0 Å². The first-order valence-electron chi connectivity index (χ1n) is 7.50. The van der Waals surface area contributed by atoms with E-state index >= 15 is 0 Å². The minimum Gasteiger partial charge on any atom is -0.386 e. The first-order chi connectivity index (χ1) is 11.2. The molecule has 0 bridgehead atoms. The molecular formula is C16H18N4O2S. The lowest BCUT2D eigenvalue weighted by molar-refractivity contribution is -0.121. The second-order valence-electron chi connectivity index (χ2n) is 5.28. The van der Waals surface area contributed by atoms with Crippen LogP contribution in [-0.4, -0.2) is 32.6 Å². The molecule has 0 fully saturated rings. The molecular weight excluding hydrogens is 312 g/mol. The SMILES string of the molecule is O=C(CCCn1ccnn1)NCC(O)c1cc2ccccc2s1. The normalized spacial score (nSPS) is 12.4. The number of fused-ring (bicyclic) bond motifs is 1. The lowest BCUT2D eigenvalue weighted by atomic mass is 10.2. The van der Waals surface area contributed by atoms with Gasteiger partial charge in [0.15, 0.2) is 0 Å². The van der Waals surface area contributed by atoms with E-state index in [-0.39, 0.29) is 12.5 Å². The summed E-state index contributed by atoms with van der Waals surface area (Å²) in [6.07, 6.45) is 3.80. The number of aliphatic hydroxyl groups excluding tert-OH is 1. The predicted octanol–water partition coefficient (Wildman–Crippen LogP) is 2.12. The summed E-state index contributed by atoms with van der Waals surface area (Å²) < 4.78 is 2.83. The first-order valence-corrected chi connectivity index (χ1v) is 8.31. The number of aromatic nitrogens is 3. The van der Waals surface area contributed by atoms with Gasteiger partial charge in [0.2, 0.25) is 5.91 Å². The number of aryl methyl sites for hydroxylation is 1. The van der Waals surface area contributed by atoms with E-state index in [1.54, 1.807) is 28.4 Å². The predicted molar refractivity (Wildman–Crippen MR) is 89.1 cm³/mol. The quantitative estimate of drug-likeness (QED) is 0.695. The van der Waals surface area contributed by atoms with Gasteiger partial charge in [0.25, 0.3) is 0 Å². The molecule has 1 unspecified atom stereocenters. The van der Waals surface area contributed by atoms with Gasteiger partial charge in [-0.2, -0.15) is 0 Å². The molecule has 2 heterocycles. The fourth-order valence-electron chi connectivity index (χ4n) is 2.32. The smallest absolute Gasteiger partial charge is 0.220 e. The zero-order valence-electron chi connectivity index (χ0n) is 12.6. The number of benzene rings is 1. The van der Waals surface area contributed by atoms with Gasteiger partial charge in [0, 0.05) is 35.3 Å². The third-order valence-corrected chi connectivity index (χ3v) is 4.75. The summed E-state index contributed by atoms with van der Waals surface area (Å²) >= 11 is 1.55. The fraction of sp³-hybridized carbons (Fsp3) is 0.312. The summed E-state index contributed by atoms with van der Waals surface area (Å²) in [6.45, 7) is 0.890. The summed E-state index contributed by atoms with van der Waals surface area (Å²) in [4.78, 5) is 12.7. The Morgan fingerprint density at radius 2 is 2.26 bits per heavy atom. The van der Waals surface area contributed by atoms with Crippen LogP contribution in [0.2, 0.25) is 0 Å². The van der Waals surface area contributed by atoms with Crippen LogP contribution in [-0.2, 0) is 11.3 Å². The Morgan fingerprint density at radius 3 is 3.04 bits per heavy atom. The van der Waals surface area contributed by atoms with Gasteiger partial charge < -0.3 is 10.4 Å². The highest BCUT2D eigenvalue weighted by Gasteiger charge is 2.12. The highest BCUT2D eigenvalue weighted by atomic mass is 32.1. The first kappa shape index (κ1) is 15.6. The van der Waals surface area contributed by atoms with E-state index in [1.165, 1.54) is 0 Å². The molecule has 0 aliphatic carbocycles. The lowest BCUT2D eigenvalue weighted by Gasteiger charge is -2.10. The average molecular weight is 330 g/mol. The highest BCUT2D eigenvalue weighted by Crippen LogP contribution is 2.29. The molecule has 0 saturated heterocycles. The molecule has 3 aromatic rings. The maximum absolute atomic E-state index is 11.8. The van der Waals surface area contributed by atoms with Crippen molar-refractivity contribution >= 4 is 27.3 Å². The van der Waals surface area contributed by atoms with E-state index in [9.17, 15) is 9.90 Å². The number of rotatable bonds is 7. The minimum atomic E-state index is -0.674. The van der Waals surface area contributed by atoms with Crippen LogP contribution in [0.4, 0.5) is 0 Å². The van der Waals surface area contributed by atoms with Crippen LogP contribution >= 0.6 is 11.3 Å². The Kier molecular flexibility index (Phi) is 4.99. The maximum atomic E-state index is 11.8. The Bertz CT molecular complexity index is 736. The van der Waals surface area contributed by atoms with Crippen molar-refractivity contribution in [3.05, 3.63) is 47.6 Å². The summed E-state index contributed by atoms with van der Waals surface area (Å²) in [6, 6.07) is 9.97. The Morgan fingerprint density at radius 1 is 1.39 bits per heavy atom.